The molecule has 0 aromatic carbocycles. The Morgan fingerprint density at radius 2 is 2.18 bits per heavy atom. The molecule has 8 nitrogen and oxygen atoms in total. The molecule has 1 aliphatic heterocycles. The molecule has 2 heterocycles. The Kier molecular flexibility index (Phi) is 4.21. The van der Waals surface area contributed by atoms with E-state index < -0.39 is 10.4 Å². The number of rotatable bonds is 1. The Labute approximate surface area is 98.8 Å². The average molecular weight is 263 g/mol. The van der Waals surface area contributed by atoms with E-state index in [1.165, 1.54) is 0 Å². The van der Waals surface area contributed by atoms with Crippen LogP contribution in [0.15, 0.2) is 12.5 Å². The van der Waals surface area contributed by atoms with Crippen molar-refractivity contribution < 1.29 is 26.5 Å². The van der Waals surface area contributed by atoms with E-state index in [4.69, 9.17) is 0 Å². The first-order valence-electron chi connectivity index (χ1n) is 4.69. The summed E-state index contributed by atoms with van der Waals surface area (Å²) in [5.74, 6) is 0. The van der Waals surface area contributed by atoms with Crippen LogP contribution < -0.4 is 9.88 Å². The van der Waals surface area contributed by atoms with Crippen molar-refractivity contribution in [1.29, 1.82) is 0 Å². The van der Waals surface area contributed by atoms with Gasteiger partial charge >= 0.3 is 6.03 Å². The molecule has 1 aromatic rings. The second-order valence-corrected chi connectivity index (χ2v) is 4.48. The highest BCUT2D eigenvalue weighted by Gasteiger charge is 2.22. The first-order chi connectivity index (χ1) is 7.83. The minimum atomic E-state index is -4.41. The highest BCUT2D eigenvalue weighted by atomic mass is 32.3. The van der Waals surface area contributed by atoms with E-state index in [9.17, 15) is 17.8 Å². The number of fused-ring (bicyclic) bond motifs is 1. The van der Waals surface area contributed by atoms with Crippen LogP contribution in [0.5, 0.6) is 0 Å². The minimum Gasteiger partial charge on any atom is -0.726 e. The topological polar surface area (TPSA) is 104 Å². The van der Waals surface area contributed by atoms with Crippen molar-refractivity contribution in [3.63, 3.8) is 0 Å². The fourth-order valence-electron chi connectivity index (χ4n) is 1.34. The lowest BCUT2D eigenvalue weighted by atomic mass is 10.3. The fourth-order valence-corrected chi connectivity index (χ4v) is 1.34. The van der Waals surface area contributed by atoms with Crippen molar-refractivity contribution in [3.8, 4) is 0 Å². The fraction of sp³-hybridized carbons (Fsp3) is 0.500. The van der Waals surface area contributed by atoms with Gasteiger partial charge in [0.2, 0.25) is 10.4 Å². The summed E-state index contributed by atoms with van der Waals surface area (Å²) in [6.07, 6.45) is 4.68. The maximum Gasteiger partial charge on any atom is 0.413 e. The summed E-state index contributed by atoms with van der Waals surface area (Å²) in [4.78, 5) is 11.1. The van der Waals surface area contributed by atoms with Gasteiger partial charge in [-0.15, -0.1) is 4.57 Å². The quantitative estimate of drug-likeness (QED) is 0.378. The second kappa shape index (κ2) is 5.25. The molecule has 0 saturated heterocycles. The van der Waals surface area contributed by atoms with Gasteiger partial charge in [-0.1, -0.05) is 0 Å². The summed E-state index contributed by atoms with van der Waals surface area (Å²) in [5, 5.41) is 2.76. The number of hydrogen-bond acceptors (Lipinski definition) is 5. The van der Waals surface area contributed by atoms with Crippen LogP contribution in [0.1, 0.15) is 5.69 Å². The normalized spacial score (nSPS) is 14.4. The number of carbonyl (C=O) groups is 1. The molecule has 0 aliphatic carbocycles. The molecule has 96 valence electrons. The van der Waals surface area contributed by atoms with E-state index in [0.29, 0.717) is 0 Å². The highest BCUT2D eigenvalue weighted by Crippen LogP contribution is 2.01. The summed E-state index contributed by atoms with van der Waals surface area (Å²) < 4.78 is 34.6. The molecule has 0 fully saturated rings. The summed E-state index contributed by atoms with van der Waals surface area (Å²) in [5.41, 5.74) is 1.08. The van der Waals surface area contributed by atoms with Gasteiger partial charge in [0, 0.05) is 13.0 Å². The van der Waals surface area contributed by atoms with Gasteiger partial charge in [0.25, 0.3) is 6.33 Å². The SMILES string of the molecule is COS(=O)(=O)[O-].C[n+]1cc2n(c1)C(=O)NCC2. The van der Waals surface area contributed by atoms with Crippen LogP contribution in [0.4, 0.5) is 4.79 Å². The Morgan fingerprint density at radius 1 is 1.59 bits per heavy atom. The molecule has 0 spiro atoms. The summed E-state index contributed by atoms with van der Waals surface area (Å²) in [7, 11) is -1.69. The number of hydrogen-bond donors (Lipinski definition) is 1. The van der Waals surface area contributed by atoms with Crippen molar-refractivity contribution in [1.82, 2.24) is 9.88 Å². The molecule has 17 heavy (non-hydrogen) atoms. The van der Waals surface area contributed by atoms with Gasteiger partial charge in [-0.05, 0) is 0 Å². The lowest BCUT2D eigenvalue weighted by molar-refractivity contribution is -0.670. The Bertz CT molecular complexity index is 507. The van der Waals surface area contributed by atoms with E-state index >= 15 is 0 Å². The van der Waals surface area contributed by atoms with Crippen LogP contribution in [0.25, 0.3) is 0 Å². The third-order valence-corrected chi connectivity index (χ3v) is 2.45. The van der Waals surface area contributed by atoms with E-state index in [1.807, 2.05) is 17.8 Å². The molecule has 0 radical (unpaired) electrons. The number of carbonyl (C=O) groups excluding carboxylic acids is 1. The molecule has 0 atom stereocenters. The largest absolute Gasteiger partial charge is 0.726 e. The predicted molar refractivity (Wildman–Crippen MR) is 54.8 cm³/mol. The number of nitrogens with zero attached hydrogens (tertiary/aromatic N) is 2. The Morgan fingerprint density at radius 3 is 2.65 bits per heavy atom. The molecule has 9 heteroatoms. The number of imidazole rings is 1. The van der Waals surface area contributed by atoms with Crippen molar-refractivity contribution >= 4 is 16.4 Å². The zero-order valence-corrected chi connectivity index (χ0v) is 10.2. The Hall–Kier alpha value is -1.45. The van der Waals surface area contributed by atoms with Gasteiger partial charge < -0.3 is 9.87 Å². The van der Waals surface area contributed by atoms with Crippen molar-refractivity contribution in [2.75, 3.05) is 13.7 Å². The minimum absolute atomic E-state index is 0.0214. The number of aryl methyl sites for hydroxylation is 1. The number of aromatic nitrogens is 2. The van der Waals surface area contributed by atoms with E-state index in [1.54, 1.807) is 10.9 Å². The zero-order valence-electron chi connectivity index (χ0n) is 9.41. The van der Waals surface area contributed by atoms with Crippen LogP contribution in [-0.4, -0.2) is 37.2 Å². The third-order valence-electron chi connectivity index (χ3n) is 2.04. The lowest BCUT2D eigenvalue weighted by Crippen LogP contribution is -2.36. The summed E-state index contributed by atoms with van der Waals surface area (Å²) in [6.45, 7) is 0.753. The van der Waals surface area contributed by atoms with Gasteiger partial charge in [0.05, 0.1) is 14.2 Å². The maximum atomic E-state index is 11.1. The first-order valence-corrected chi connectivity index (χ1v) is 6.03. The second-order valence-electron chi connectivity index (χ2n) is 3.33. The molecule has 1 aliphatic rings. The van der Waals surface area contributed by atoms with Crippen molar-refractivity contribution in [3.05, 3.63) is 18.2 Å². The van der Waals surface area contributed by atoms with Gasteiger partial charge in [-0.2, -0.15) is 0 Å². The van der Waals surface area contributed by atoms with Gasteiger partial charge in [-0.25, -0.2) is 17.8 Å². The third kappa shape index (κ3) is 4.13. The van der Waals surface area contributed by atoms with Crippen LogP contribution in [0.2, 0.25) is 0 Å². The first kappa shape index (κ1) is 13.6. The summed E-state index contributed by atoms with van der Waals surface area (Å²) >= 11 is 0. The van der Waals surface area contributed by atoms with Crippen molar-refractivity contribution in [2.24, 2.45) is 7.05 Å². The molecule has 0 unspecified atom stereocenters. The van der Waals surface area contributed by atoms with Crippen LogP contribution in [-0.2, 0) is 28.1 Å². The molecule has 1 amide bonds. The van der Waals surface area contributed by atoms with Gasteiger partial charge in [0.15, 0.2) is 5.69 Å². The smallest absolute Gasteiger partial charge is 0.413 e. The van der Waals surface area contributed by atoms with Gasteiger partial charge in [0.1, 0.15) is 6.20 Å². The monoisotopic (exact) mass is 263 g/mol. The molecular formula is C8H13N3O5S. The molecule has 2 rings (SSSR count). The highest BCUT2D eigenvalue weighted by molar-refractivity contribution is 7.80. The lowest BCUT2D eigenvalue weighted by Gasteiger charge is -2.07. The van der Waals surface area contributed by atoms with Crippen molar-refractivity contribution in [2.45, 2.75) is 6.42 Å². The Balaban J connectivity index is 0.000000209. The molecule has 1 aromatic heterocycles. The average Bonchev–Trinajstić information content (AvgIpc) is 2.60. The van der Waals surface area contributed by atoms with Crippen LogP contribution in [0, 0.1) is 0 Å². The molecule has 0 saturated carbocycles. The van der Waals surface area contributed by atoms with E-state index in [0.717, 1.165) is 25.8 Å². The maximum absolute atomic E-state index is 11.1. The number of amides is 1. The molecule has 0 bridgehead atoms. The molecular weight excluding hydrogens is 250 g/mol. The standard InChI is InChI=1S/C7H9N3O.CH4O4S/c1-9-4-6-2-3-8-7(11)10(6)5-9;1-5-6(2,3)4/h4-5H,2-3H2,1H3;1H3,(H,2,3,4). The van der Waals surface area contributed by atoms with Gasteiger partial charge in [-0.3, -0.25) is 4.18 Å². The van der Waals surface area contributed by atoms with E-state index in [-0.39, 0.29) is 6.03 Å². The van der Waals surface area contributed by atoms with Crippen LogP contribution in [0.3, 0.4) is 0 Å². The summed E-state index contributed by atoms with van der Waals surface area (Å²) in [6, 6.07) is -0.0214. The number of nitrogens with one attached hydrogen (secondary N) is 1. The van der Waals surface area contributed by atoms with Crippen LogP contribution >= 0.6 is 0 Å². The zero-order chi connectivity index (χ0) is 13.1. The predicted octanol–water partition coefficient (Wildman–Crippen LogP) is -1.48. The molecule has 1 N–H and O–H groups in total. The van der Waals surface area contributed by atoms with E-state index in [2.05, 4.69) is 9.50 Å².